The molecule has 27 nitrogen and oxygen atoms in total. The van der Waals surface area contributed by atoms with Gasteiger partial charge in [0, 0.05) is 86.9 Å². The molecule has 14 rings (SSSR count). The molecule has 14 aromatic rings. The molecule has 14 heterocycles. The average Bonchev–Trinajstić information content (AvgIpc) is 1.17. The van der Waals surface area contributed by atoms with Gasteiger partial charge in [0.15, 0.2) is 5.82 Å². The lowest BCUT2D eigenvalue weighted by Crippen LogP contribution is -2.05. The van der Waals surface area contributed by atoms with Crippen LogP contribution in [0.4, 0.5) is 40.2 Å². The van der Waals surface area contributed by atoms with Crippen LogP contribution in [0, 0.1) is 152 Å². The topological polar surface area (TPSA) is 384 Å². The number of aromatic nitrogens is 20. The lowest BCUT2D eigenvalue weighted by atomic mass is 10.1. The maximum absolute atomic E-state index is 6.19. The zero-order valence-corrected chi connectivity index (χ0v) is 74.5. The smallest absolute Gasteiger partial charge is 0.151 e. The number of anilines is 7. The minimum Gasteiger partial charge on any atom is -0.397 e. The first kappa shape index (κ1) is 87.6. The quantitative estimate of drug-likeness (QED) is 0.0779. The van der Waals surface area contributed by atoms with Crippen molar-refractivity contribution >= 4 is 117 Å². The van der Waals surface area contributed by atoms with E-state index in [4.69, 9.17) is 40.1 Å². The number of nitrogens with two attached hydrogens (primary N) is 7. The first-order chi connectivity index (χ1) is 52.5. The van der Waals surface area contributed by atoms with Crippen molar-refractivity contribution in [2.75, 3.05) is 40.1 Å². The van der Waals surface area contributed by atoms with Crippen LogP contribution in [0.15, 0.2) is 0 Å². The summed E-state index contributed by atoms with van der Waals surface area (Å²) in [6, 6.07) is 2.52. The van der Waals surface area contributed by atoms with Gasteiger partial charge in [-0.1, -0.05) is 5.21 Å². The summed E-state index contributed by atoms with van der Waals surface area (Å²) in [6.07, 6.45) is 0. The van der Waals surface area contributed by atoms with Gasteiger partial charge in [0.1, 0.15) is 45.4 Å². The molecule has 27 heteroatoms. The van der Waals surface area contributed by atoms with Gasteiger partial charge in [-0.15, -0.1) is 5.10 Å². The molecular weight excluding hydrogens is 1410 g/mol. The van der Waals surface area contributed by atoms with Crippen LogP contribution in [-0.2, 0) is 0 Å². The molecule has 0 saturated heterocycles. The summed E-state index contributed by atoms with van der Waals surface area (Å²) >= 11 is 0. The van der Waals surface area contributed by atoms with Gasteiger partial charge in [-0.25, -0.2) is 29.6 Å². The van der Waals surface area contributed by atoms with E-state index in [9.17, 15) is 0 Å². The zero-order valence-electron chi connectivity index (χ0n) is 74.5. The summed E-state index contributed by atoms with van der Waals surface area (Å²) in [4.78, 5) is 40.1. The fraction of sp³-hybridized carbons (Fsp3) is 0.500. The molecule has 0 fully saturated rings. The number of nitrogens with zero attached hydrogens (tertiary/aromatic N) is 20. The fourth-order valence-corrected chi connectivity index (χ4v) is 15.7. The van der Waals surface area contributed by atoms with Crippen molar-refractivity contribution in [3.05, 3.63) is 125 Å². The van der Waals surface area contributed by atoms with Crippen LogP contribution in [0.2, 0.25) is 0 Å². The van der Waals surface area contributed by atoms with Crippen molar-refractivity contribution in [1.29, 1.82) is 0 Å². The molecule has 0 aliphatic rings. The standard InChI is InChI=1S/2C14H21N3.4C12H18N4.C10H15N5/c1-7(2)17-11(6)8(3)12-13(15)9(4)16-10(5)14(12)17;1-7(2)17-11(6)9(4)12-13(17)8(3)10(5)16-14(12)15;1-6(2)16-9(5)15-11-10(13)7(3)14-8(4)12(11)16;1-6(2)16-12-9(5)14-8(4)11(13)10(12)7(3)15-16;1-6(2)16-9(5)15-10-11(16)7(3)8(4)14-12(10)13;1-6(2)16-11-7(3)8(4)14-12(13)10(11)9(5)15-16;1-5(2)15-10-7(4)12-6(3)8(11)9(10)13-14-15/h7H,15H2,1-6H3;7H,1-6H3,(H2,15,16);2*6H,13H2,1-5H3;2*6H,1-5H3,(H2,13,14);5H,11H2,1-4H3. The van der Waals surface area contributed by atoms with Crippen molar-refractivity contribution in [2.24, 2.45) is 0 Å². The van der Waals surface area contributed by atoms with E-state index in [1.165, 1.54) is 55.6 Å². The van der Waals surface area contributed by atoms with E-state index in [0.29, 0.717) is 65.1 Å². The predicted molar refractivity (Wildman–Crippen MR) is 473 cm³/mol. The predicted octanol–water partition coefficient (Wildman–Crippen LogP) is 18.6. The summed E-state index contributed by atoms with van der Waals surface area (Å²) in [7, 11) is 0. The first-order valence-corrected chi connectivity index (χ1v) is 39.4. The summed E-state index contributed by atoms with van der Waals surface area (Å²) in [6.45, 7) is 74.6. The van der Waals surface area contributed by atoms with E-state index in [1.54, 1.807) is 0 Å². The molecular formula is C86H129N27. The second-order valence-electron chi connectivity index (χ2n) is 32.4. The minimum atomic E-state index is 0.262. The monoisotopic (exact) mass is 1540 g/mol. The third-order valence-corrected chi connectivity index (χ3v) is 21.7. The number of fused-ring (bicyclic) bond motifs is 7. The molecule has 0 radical (unpaired) electrons. The highest BCUT2D eigenvalue weighted by molar-refractivity contribution is 5.99. The van der Waals surface area contributed by atoms with E-state index in [1.807, 2.05) is 111 Å². The van der Waals surface area contributed by atoms with Crippen molar-refractivity contribution in [3.63, 3.8) is 0 Å². The van der Waals surface area contributed by atoms with Crippen LogP contribution < -0.4 is 40.1 Å². The molecule has 0 atom stereocenters. The van der Waals surface area contributed by atoms with Crippen LogP contribution in [0.3, 0.4) is 0 Å². The minimum absolute atomic E-state index is 0.262. The lowest BCUT2D eigenvalue weighted by Gasteiger charge is -2.15. The zero-order chi connectivity index (χ0) is 85.1. The Kier molecular flexibility index (Phi) is 26.2. The molecule has 0 aliphatic heterocycles. The number of rotatable bonds is 7. The summed E-state index contributed by atoms with van der Waals surface area (Å²) in [5.74, 6) is 3.76. The van der Waals surface area contributed by atoms with Crippen molar-refractivity contribution < 1.29 is 0 Å². The highest BCUT2D eigenvalue weighted by atomic mass is 15.4. The Morgan fingerprint density at radius 1 is 0.221 bits per heavy atom. The first-order valence-electron chi connectivity index (χ1n) is 39.4. The fourth-order valence-electron chi connectivity index (χ4n) is 15.7. The third-order valence-electron chi connectivity index (χ3n) is 21.7. The van der Waals surface area contributed by atoms with Crippen LogP contribution in [0.1, 0.15) is 264 Å². The van der Waals surface area contributed by atoms with E-state index < -0.39 is 0 Å². The van der Waals surface area contributed by atoms with E-state index >= 15 is 0 Å². The molecule has 0 amide bonds. The highest BCUT2D eigenvalue weighted by Crippen LogP contribution is 2.39. The summed E-state index contributed by atoms with van der Waals surface area (Å²) < 4.78 is 15.0. The number of hydrogen-bond donors (Lipinski definition) is 7. The Bertz CT molecular complexity index is 5900. The molecule has 14 aromatic heterocycles. The number of pyridine rings is 7. The normalized spacial score (nSPS) is 11.6. The Morgan fingerprint density at radius 3 is 1.02 bits per heavy atom. The van der Waals surface area contributed by atoms with Gasteiger partial charge in [-0.05, 0) is 277 Å². The third kappa shape index (κ3) is 16.4. The lowest BCUT2D eigenvalue weighted by molar-refractivity contribution is 0.529. The van der Waals surface area contributed by atoms with E-state index in [-0.39, 0.29) is 6.04 Å². The summed E-state index contributed by atoms with van der Waals surface area (Å²) in [5.41, 5.74) is 76.4. The van der Waals surface area contributed by atoms with Crippen LogP contribution >= 0.6 is 0 Å². The van der Waals surface area contributed by atoms with Gasteiger partial charge in [0.2, 0.25) is 0 Å². The molecule has 608 valence electrons. The molecule has 14 N–H and O–H groups in total. The Hall–Kier alpha value is -11.0. The van der Waals surface area contributed by atoms with Gasteiger partial charge in [0.05, 0.1) is 118 Å². The van der Waals surface area contributed by atoms with Gasteiger partial charge in [-0.2, -0.15) is 10.2 Å². The van der Waals surface area contributed by atoms with Crippen LogP contribution in [0.5, 0.6) is 0 Å². The van der Waals surface area contributed by atoms with Crippen LogP contribution in [-0.4, -0.2) is 97.7 Å². The van der Waals surface area contributed by atoms with Gasteiger partial charge < -0.3 is 58.4 Å². The second-order valence-corrected chi connectivity index (χ2v) is 32.4. The highest BCUT2D eigenvalue weighted by Gasteiger charge is 2.25. The van der Waals surface area contributed by atoms with Crippen molar-refractivity contribution in [2.45, 2.75) is 292 Å². The SMILES string of the molecule is Cc1nc(C)c2c(c(C)c(C)n2C(C)C)c1N.Cc1nc(C)c2c(c(C)nn2C(C)C)c1N.Cc1nc(C)c2c(nc(C)n2C(C)C)c1N.Cc1nc(C)c2c(nnn2C(C)C)c1N.Cc1nc(N)c2c(C)c(C)n(C(C)C)c2c1C.Cc1nc(N)c2c(C)nn(C(C)C)c2c1C.Cc1nc(N)c2nc(C)n(C(C)C)c2c1C. The van der Waals surface area contributed by atoms with Gasteiger partial charge in [-0.3, -0.25) is 29.3 Å². The average molecular weight is 1540 g/mol. The van der Waals surface area contributed by atoms with Gasteiger partial charge in [0.25, 0.3) is 0 Å². The number of imidazole rings is 2. The van der Waals surface area contributed by atoms with Gasteiger partial charge >= 0.3 is 0 Å². The van der Waals surface area contributed by atoms with Crippen LogP contribution in [0.25, 0.3) is 76.7 Å². The van der Waals surface area contributed by atoms with Crippen molar-refractivity contribution in [1.82, 2.24) is 97.7 Å². The Labute approximate surface area is 667 Å². The molecule has 0 spiro atoms. The largest absolute Gasteiger partial charge is 0.397 e. The van der Waals surface area contributed by atoms with E-state index in [0.717, 1.165) is 157 Å². The molecule has 0 aliphatic carbocycles. The molecule has 0 aromatic carbocycles. The molecule has 0 unspecified atom stereocenters. The maximum atomic E-state index is 6.19. The maximum Gasteiger partial charge on any atom is 0.151 e. The Morgan fingerprint density at radius 2 is 0.558 bits per heavy atom. The number of aryl methyl sites for hydroxylation is 20. The Balaban J connectivity index is 0.000000165. The molecule has 0 bridgehead atoms. The van der Waals surface area contributed by atoms with Crippen molar-refractivity contribution in [3.8, 4) is 0 Å². The molecule has 113 heavy (non-hydrogen) atoms. The number of hydrogen-bond acceptors (Lipinski definition) is 20. The van der Waals surface area contributed by atoms with E-state index in [2.05, 4.69) is 236 Å². The summed E-state index contributed by atoms with van der Waals surface area (Å²) in [5, 5.41) is 21.7. The second kappa shape index (κ2) is 33.8. The molecule has 0 saturated carbocycles. The number of nitrogen functional groups attached to an aromatic ring is 7.